The Morgan fingerprint density at radius 1 is 1.50 bits per heavy atom. The summed E-state index contributed by atoms with van der Waals surface area (Å²) in [5.74, 6) is 1.06. The molecule has 0 saturated carbocycles. The lowest BCUT2D eigenvalue weighted by atomic mass is 10.0. The van der Waals surface area contributed by atoms with E-state index in [4.69, 9.17) is 16.3 Å². The van der Waals surface area contributed by atoms with Crippen molar-refractivity contribution in [3.63, 3.8) is 0 Å². The Morgan fingerprint density at radius 2 is 2.35 bits per heavy atom. The molecule has 1 aliphatic heterocycles. The number of hydrogen-bond acceptors (Lipinski definition) is 3. The molecule has 20 heavy (non-hydrogen) atoms. The number of nitrogens with one attached hydrogen (secondary N) is 1. The van der Waals surface area contributed by atoms with E-state index in [-0.39, 0.29) is 6.04 Å². The van der Waals surface area contributed by atoms with Gasteiger partial charge in [0.1, 0.15) is 5.75 Å². The summed E-state index contributed by atoms with van der Waals surface area (Å²) in [5, 5.41) is 6.23. The van der Waals surface area contributed by atoms with Gasteiger partial charge in [-0.05, 0) is 48.2 Å². The van der Waals surface area contributed by atoms with E-state index in [0.29, 0.717) is 0 Å². The number of likely N-dealkylation sites (N-methyl/N-ethyl adjacent to an activating group) is 1. The third-order valence-corrected chi connectivity index (χ3v) is 5.49. The summed E-state index contributed by atoms with van der Waals surface area (Å²) in [6.07, 6.45) is 1.87. The second-order valence-corrected chi connectivity index (χ2v) is 7.10. The fourth-order valence-corrected chi connectivity index (χ4v) is 4.45. The Morgan fingerprint density at radius 3 is 3.05 bits per heavy atom. The van der Waals surface area contributed by atoms with E-state index in [1.54, 1.807) is 11.3 Å². The van der Waals surface area contributed by atoms with Gasteiger partial charge in [-0.2, -0.15) is 0 Å². The molecule has 0 saturated heterocycles. The van der Waals surface area contributed by atoms with Crippen LogP contribution in [-0.4, -0.2) is 13.7 Å². The molecular weight excluding hydrogens is 358 g/mol. The first-order valence-corrected chi connectivity index (χ1v) is 8.58. The first kappa shape index (κ1) is 14.4. The quantitative estimate of drug-likeness (QED) is 0.846. The highest BCUT2D eigenvalue weighted by Crippen LogP contribution is 2.37. The van der Waals surface area contributed by atoms with Crippen LogP contribution < -0.4 is 10.1 Å². The molecule has 0 radical (unpaired) electrons. The Hall–Kier alpha value is -0.550. The van der Waals surface area contributed by atoms with Crippen molar-refractivity contribution in [1.29, 1.82) is 0 Å². The second kappa shape index (κ2) is 6.06. The number of benzene rings is 1. The summed E-state index contributed by atoms with van der Waals surface area (Å²) < 4.78 is 6.91. The Balaban J connectivity index is 1.92. The highest BCUT2D eigenvalue weighted by molar-refractivity contribution is 9.10. The van der Waals surface area contributed by atoms with Crippen LogP contribution in [0, 0.1) is 0 Å². The molecule has 0 aliphatic carbocycles. The molecule has 106 valence electrons. The van der Waals surface area contributed by atoms with Crippen LogP contribution in [0.5, 0.6) is 5.75 Å². The van der Waals surface area contributed by atoms with Crippen LogP contribution in [0.3, 0.4) is 0 Å². The molecule has 0 amide bonds. The molecule has 1 unspecified atom stereocenters. The average Bonchev–Trinajstić information content (AvgIpc) is 3.04. The van der Waals surface area contributed by atoms with Crippen molar-refractivity contribution in [2.75, 3.05) is 13.7 Å². The molecule has 2 aromatic rings. The van der Waals surface area contributed by atoms with E-state index in [1.165, 1.54) is 16.0 Å². The second-order valence-electron chi connectivity index (χ2n) is 4.83. The number of fused-ring (bicyclic) bond motifs is 1. The van der Waals surface area contributed by atoms with E-state index in [2.05, 4.69) is 33.4 Å². The van der Waals surface area contributed by atoms with Crippen LogP contribution in [-0.2, 0) is 12.8 Å². The van der Waals surface area contributed by atoms with Crippen LogP contribution >= 0.6 is 38.9 Å². The summed E-state index contributed by atoms with van der Waals surface area (Å²) in [4.78, 5) is 1.18. The van der Waals surface area contributed by atoms with E-state index in [0.717, 1.165) is 34.7 Å². The van der Waals surface area contributed by atoms with Gasteiger partial charge in [0.2, 0.25) is 0 Å². The normalized spacial score (nSPS) is 14.9. The van der Waals surface area contributed by atoms with E-state index < -0.39 is 0 Å². The first-order valence-electron chi connectivity index (χ1n) is 6.53. The predicted molar refractivity (Wildman–Crippen MR) is 88.2 cm³/mol. The average molecular weight is 373 g/mol. The number of hydrogen-bond donors (Lipinski definition) is 1. The molecule has 2 heterocycles. The van der Waals surface area contributed by atoms with Crippen molar-refractivity contribution in [1.82, 2.24) is 5.32 Å². The molecule has 1 atom stereocenters. The highest BCUT2D eigenvalue weighted by Gasteiger charge is 2.22. The van der Waals surface area contributed by atoms with Crippen molar-refractivity contribution >= 4 is 38.9 Å². The summed E-state index contributed by atoms with van der Waals surface area (Å²) in [6, 6.07) is 6.47. The molecule has 0 bridgehead atoms. The zero-order valence-corrected chi connectivity index (χ0v) is 14.2. The van der Waals surface area contributed by atoms with Gasteiger partial charge < -0.3 is 10.1 Å². The Bertz CT molecular complexity index is 628. The maximum Gasteiger partial charge on any atom is 0.125 e. The SMILES string of the molecule is CNC(Cc1cc(Br)cc2c1OCC2)c1sccc1Cl. The molecule has 1 aromatic heterocycles. The van der Waals surface area contributed by atoms with Gasteiger partial charge in [-0.25, -0.2) is 0 Å². The van der Waals surface area contributed by atoms with Gasteiger partial charge in [-0.3, -0.25) is 0 Å². The summed E-state index contributed by atoms with van der Waals surface area (Å²) in [7, 11) is 1.97. The van der Waals surface area contributed by atoms with Crippen LogP contribution in [0.25, 0.3) is 0 Å². The lowest BCUT2D eigenvalue weighted by Gasteiger charge is -2.17. The largest absolute Gasteiger partial charge is 0.493 e. The standard InChI is InChI=1S/C15H15BrClNOS/c1-18-13(15-12(17)3-5-20-15)8-10-7-11(16)6-9-2-4-19-14(9)10/h3,5-7,13,18H,2,4,8H2,1H3. The minimum Gasteiger partial charge on any atom is -0.493 e. The van der Waals surface area contributed by atoms with Gasteiger partial charge in [-0.1, -0.05) is 27.5 Å². The zero-order chi connectivity index (χ0) is 14.1. The molecule has 0 fully saturated rings. The summed E-state index contributed by atoms with van der Waals surface area (Å²) in [5.41, 5.74) is 2.53. The van der Waals surface area contributed by atoms with Gasteiger partial charge in [0.05, 0.1) is 11.6 Å². The first-order chi connectivity index (χ1) is 9.69. The lowest BCUT2D eigenvalue weighted by Crippen LogP contribution is -2.18. The topological polar surface area (TPSA) is 21.3 Å². The van der Waals surface area contributed by atoms with Crippen LogP contribution in [0.15, 0.2) is 28.1 Å². The molecule has 1 N–H and O–H groups in total. The van der Waals surface area contributed by atoms with Crippen molar-refractivity contribution in [2.24, 2.45) is 0 Å². The molecule has 1 aliphatic rings. The zero-order valence-electron chi connectivity index (χ0n) is 11.1. The fourth-order valence-electron chi connectivity index (χ4n) is 2.60. The van der Waals surface area contributed by atoms with E-state index in [9.17, 15) is 0 Å². The molecule has 5 heteroatoms. The predicted octanol–water partition coefficient (Wildman–Crippen LogP) is 4.60. The lowest BCUT2D eigenvalue weighted by molar-refractivity contribution is 0.352. The Kier molecular flexibility index (Phi) is 4.36. The van der Waals surface area contributed by atoms with Crippen molar-refractivity contribution in [3.8, 4) is 5.75 Å². The van der Waals surface area contributed by atoms with Gasteiger partial charge in [0.25, 0.3) is 0 Å². The van der Waals surface area contributed by atoms with Crippen molar-refractivity contribution < 1.29 is 4.74 Å². The van der Waals surface area contributed by atoms with Crippen LogP contribution in [0.4, 0.5) is 0 Å². The Labute approximate surface area is 136 Å². The molecule has 0 spiro atoms. The van der Waals surface area contributed by atoms with Crippen molar-refractivity contribution in [2.45, 2.75) is 18.9 Å². The van der Waals surface area contributed by atoms with Crippen LogP contribution in [0.2, 0.25) is 5.02 Å². The third-order valence-electron chi connectivity index (χ3n) is 3.56. The number of thiophene rings is 1. The summed E-state index contributed by atoms with van der Waals surface area (Å²) in [6.45, 7) is 0.781. The van der Waals surface area contributed by atoms with E-state index >= 15 is 0 Å². The number of halogens is 2. The summed E-state index contributed by atoms with van der Waals surface area (Å²) >= 11 is 11.5. The number of rotatable bonds is 4. The fraction of sp³-hybridized carbons (Fsp3) is 0.333. The van der Waals surface area contributed by atoms with E-state index in [1.807, 2.05) is 18.5 Å². The molecule has 3 rings (SSSR count). The minimum atomic E-state index is 0.213. The van der Waals surface area contributed by atoms with Gasteiger partial charge in [0.15, 0.2) is 0 Å². The maximum absolute atomic E-state index is 6.26. The smallest absolute Gasteiger partial charge is 0.125 e. The molecule has 1 aromatic carbocycles. The highest BCUT2D eigenvalue weighted by atomic mass is 79.9. The van der Waals surface area contributed by atoms with Crippen molar-refractivity contribution in [3.05, 3.63) is 49.1 Å². The monoisotopic (exact) mass is 371 g/mol. The minimum absolute atomic E-state index is 0.213. The molecular formula is C15H15BrClNOS. The third kappa shape index (κ3) is 2.75. The van der Waals surface area contributed by atoms with Gasteiger partial charge >= 0.3 is 0 Å². The van der Waals surface area contributed by atoms with Gasteiger partial charge in [0, 0.05) is 21.8 Å². The van der Waals surface area contributed by atoms with Crippen LogP contribution in [0.1, 0.15) is 22.0 Å². The number of ether oxygens (including phenoxy) is 1. The maximum atomic E-state index is 6.26. The molecule has 2 nitrogen and oxygen atoms in total. The van der Waals surface area contributed by atoms with Gasteiger partial charge in [-0.15, -0.1) is 11.3 Å².